The van der Waals surface area contributed by atoms with Crippen LogP contribution in [0.5, 0.6) is 5.75 Å². The number of likely N-dealkylation sites (tertiary alicyclic amines) is 1. The van der Waals surface area contributed by atoms with Crippen LogP contribution in [0.15, 0.2) is 45.7 Å². The number of para-hydroxylation sites is 1. The third-order valence-electron chi connectivity index (χ3n) is 4.75. The minimum atomic E-state index is -0.106. The number of pyridine rings is 1. The number of benzene rings is 1. The maximum Gasteiger partial charge on any atom is 0.254 e. The summed E-state index contributed by atoms with van der Waals surface area (Å²) in [7, 11) is 1.72. The van der Waals surface area contributed by atoms with E-state index in [4.69, 9.17) is 9.26 Å². The van der Waals surface area contributed by atoms with E-state index in [9.17, 15) is 9.59 Å². The van der Waals surface area contributed by atoms with Crippen LogP contribution in [0.25, 0.3) is 11.0 Å². The molecule has 4 rings (SSSR count). The van der Waals surface area contributed by atoms with E-state index in [1.807, 2.05) is 37.3 Å². The van der Waals surface area contributed by atoms with Crippen LogP contribution in [-0.4, -0.2) is 39.7 Å². The lowest BCUT2D eigenvalue weighted by atomic mass is 10.1. The zero-order valence-corrected chi connectivity index (χ0v) is 14.6. The average molecular weight is 353 g/mol. The molecule has 1 fully saturated rings. The summed E-state index contributed by atoms with van der Waals surface area (Å²) in [6, 6.07) is 10.8. The lowest BCUT2D eigenvalue weighted by molar-refractivity contribution is -0.139. The summed E-state index contributed by atoms with van der Waals surface area (Å²) in [6.07, 6.45) is 0.105. The Bertz CT molecular complexity index is 1030. The van der Waals surface area contributed by atoms with E-state index in [1.165, 1.54) is 6.07 Å². The number of aromatic nitrogens is 2. The molecular formula is C19H19N3O4. The standard InChI is InChI=1S/C19H19N3O4/c1-12-7-13(8-18(23)21(12)2)25-14-10-22(11-14)19(24)9-16-15-5-3-4-6-17(15)26-20-16/h3-8,14H,9-11H2,1-2H3. The number of carbonyl (C=O) groups is 1. The number of hydrogen-bond donors (Lipinski definition) is 0. The van der Waals surface area contributed by atoms with Gasteiger partial charge < -0.3 is 18.7 Å². The van der Waals surface area contributed by atoms with Gasteiger partial charge in [-0.1, -0.05) is 17.3 Å². The Balaban J connectivity index is 1.36. The quantitative estimate of drug-likeness (QED) is 0.713. The maximum atomic E-state index is 12.4. The molecule has 2 aromatic heterocycles. The lowest BCUT2D eigenvalue weighted by Gasteiger charge is -2.39. The van der Waals surface area contributed by atoms with E-state index in [2.05, 4.69) is 5.16 Å². The highest BCUT2D eigenvalue weighted by Crippen LogP contribution is 2.21. The molecule has 7 nitrogen and oxygen atoms in total. The van der Waals surface area contributed by atoms with E-state index in [1.54, 1.807) is 16.5 Å². The lowest BCUT2D eigenvalue weighted by Crippen LogP contribution is -2.56. The predicted molar refractivity (Wildman–Crippen MR) is 95.1 cm³/mol. The number of aryl methyl sites for hydroxylation is 1. The first-order chi connectivity index (χ1) is 12.5. The van der Waals surface area contributed by atoms with Gasteiger partial charge in [0.25, 0.3) is 5.56 Å². The van der Waals surface area contributed by atoms with Gasteiger partial charge in [0.15, 0.2) is 5.58 Å². The Hall–Kier alpha value is -3.09. The molecule has 26 heavy (non-hydrogen) atoms. The van der Waals surface area contributed by atoms with Gasteiger partial charge in [0.05, 0.1) is 19.5 Å². The van der Waals surface area contributed by atoms with Crippen molar-refractivity contribution in [3.63, 3.8) is 0 Å². The smallest absolute Gasteiger partial charge is 0.254 e. The predicted octanol–water partition coefficient (Wildman–Crippen LogP) is 1.67. The zero-order valence-electron chi connectivity index (χ0n) is 14.6. The fraction of sp³-hybridized carbons (Fsp3) is 0.316. The van der Waals surface area contributed by atoms with Crippen LogP contribution in [0.2, 0.25) is 0 Å². The van der Waals surface area contributed by atoms with E-state index >= 15 is 0 Å². The molecule has 1 saturated heterocycles. The fourth-order valence-corrected chi connectivity index (χ4v) is 3.03. The highest BCUT2D eigenvalue weighted by atomic mass is 16.5. The van der Waals surface area contributed by atoms with Gasteiger partial charge in [-0.3, -0.25) is 9.59 Å². The van der Waals surface area contributed by atoms with Crippen molar-refractivity contribution in [2.45, 2.75) is 19.4 Å². The number of ether oxygens (including phenoxy) is 1. The van der Waals surface area contributed by atoms with Crippen LogP contribution in [0.4, 0.5) is 0 Å². The van der Waals surface area contributed by atoms with Gasteiger partial charge in [0.1, 0.15) is 17.5 Å². The molecule has 3 aromatic rings. The van der Waals surface area contributed by atoms with Crippen molar-refractivity contribution < 1.29 is 14.1 Å². The molecule has 0 atom stereocenters. The van der Waals surface area contributed by atoms with Gasteiger partial charge in [0, 0.05) is 24.2 Å². The monoisotopic (exact) mass is 353 g/mol. The number of amides is 1. The van der Waals surface area contributed by atoms with Gasteiger partial charge in [-0.05, 0) is 25.1 Å². The van der Waals surface area contributed by atoms with Crippen molar-refractivity contribution >= 4 is 16.9 Å². The number of carbonyl (C=O) groups excluding carboxylic acids is 1. The van der Waals surface area contributed by atoms with Crippen molar-refractivity contribution in [1.29, 1.82) is 0 Å². The summed E-state index contributed by atoms with van der Waals surface area (Å²) >= 11 is 0. The Morgan fingerprint density at radius 2 is 2.08 bits per heavy atom. The van der Waals surface area contributed by atoms with Crippen LogP contribution in [0, 0.1) is 6.92 Å². The summed E-state index contributed by atoms with van der Waals surface area (Å²) in [4.78, 5) is 26.0. The molecule has 3 heterocycles. The molecule has 0 spiro atoms. The summed E-state index contributed by atoms with van der Waals surface area (Å²) in [5.74, 6) is 0.536. The first-order valence-corrected chi connectivity index (χ1v) is 8.46. The van der Waals surface area contributed by atoms with Gasteiger partial charge in [-0.2, -0.15) is 0 Å². The van der Waals surface area contributed by atoms with Crippen LogP contribution in [0.3, 0.4) is 0 Å². The average Bonchev–Trinajstić information content (AvgIpc) is 2.98. The van der Waals surface area contributed by atoms with Crippen LogP contribution >= 0.6 is 0 Å². The van der Waals surface area contributed by atoms with Gasteiger partial charge in [-0.15, -0.1) is 0 Å². The highest BCUT2D eigenvalue weighted by molar-refractivity contribution is 5.86. The number of rotatable bonds is 4. The number of fused-ring (bicyclic) bond motifs is 1. The van der Waals surface area contributed by atoms with Crippen LogP contribution in [-0.2, 0) is 18.3 Å². The maximum absolute atomic E-state index is 12.4. The summed E-state index contributed by atoms with van der Waals surface area (Å²) in [5, 5.41) is 4.87. The second kappa shape index (κ2) is 6.33. The molecule has 0 saturated carbocycles. The largest absolute Gasteiger partial charge is 0.486 e. The number of nitrogens with zero attached hydrogens (tertiary/aromatic N) is 3. The van der Waals surface area contributed by atoms with E-state index in [0.717, 1.165) is 11.1 Å². The van der Waals surface area contributed by atoms with Crippen molar-refractivity contribution in [2.75, 3.05) is 13.1 Å². The van der Waals surface area contributed by atoms with Crippen LogP contribution in [0.1, 0.15) is 11.4 Å². The van der Waals surface area contributed by atoms with Crippen molar-refractivity contribution in [3.05, 3.63) is 58.1 Å². The molecule has 7 heteroatoms. The molecule has 1 aliphatic rings. The van der Waals surface area contributed by atoms with Gasteiger partial charge in [0.2, 0.25) is 5.91 Å². The van der Waals surface area contributed by atoms with Gasteiger partial charge in [-0.25, -0.2) is 0 Å². The Morgan fingerprint density at radius 3 is 2.85 bits per heavy atom. The summed E-state index contributed by atoms with van der Waals surface area (Å²) in [6.45, 7) is 2.86. The minimum Gasteiger partial charge on any atom is -0.486 e. The molecule has 1 aliphatic heterocycles. The van der Waals surface area contributed by atoms with Crippen molar-refractivity contribution in [3.8, 4) is 5.75 Å². The Morgan fingerprint density at radius 1 is 1.31 bits per heavy atom. The first kappa shape index (κ1) is 16.4. The third kappa shape index (κ3) is 2.96. The van der Waals surface area contributed by atoms with E-state index < -0.39 is 0 Å². The summed E-state index contributed by atoms with van der Waals surface area (Å²) < 4.78 is 12.6. The topological polar surface area (TPSA) is 77.6 Å². The Labute approximate surface area is 149 Å². The molecule has 0 unspecified atom stereocenters. The van der Waals surface area contributed by atoms with Gasteiger partial charge >= 0.3 is 0 Å². The molecule has 134 valence electrons. The third-order valence-corrected chi connectivity index (χ3v) is 4.75. The molecular weight excluding hydrogens is 334 g/mol. The van der Waals surface area contributed by atoms with Crippen LogP contribution < -0.4 is 10.3 Å². The minimum absolute atomic E-state index is 0.0101. The van der Waals surface area contributed by atoms with Crippen molar-refractivity contribution in [1.82, 2.24) is 14.6 Å². The molecule has 1 amide bonds. The normalized spacial score (nSPS) is 14.5. The summed E-state index contributed by atoms with van der Waals surface area (Å²) in [5.41, 5.74) is 2.06. The van der Waals surface area contributed by atoms with E-state index in [-0.39, 0.29) is 24.0 Å². The molecule has 0 bridgehead atoms. The molecule has 0 radical (unpaired) electrons. The second-order valence-electron chi connectivity index (χ2n) is 6.57. The fourth-order valence-electron chi connectivity index (χ4n) is 3.03. The van der Waals surface area contributed by atoms with E-state index in [0.29, 0.717) is 30.1 Å². The molecule has 0 N–H and O–H groups in total. The Kier molecular flexibility index (Phi) is 3.99. The SMILES string of the molecule is Cc1cc(OC2CN(C(=O)Cc3noc4ccccc34)C2)cc(=O)n1C. The number of hydrogen-bond acceptors (Lipinski definition) is 5. The highest BCUT2D eigenvalue weighted by Gasteiger charge is 2.33. The molecule has 0 aliphatic carbocycles. The second-order valence-corrected chi connectivity index (χ2v) is 6.57. The first-order valence-electron chi connectivity index (χ1n) is 8.46. The molecule has 1 aromatic carbocycles. The zero-order chi connectivity index (χ0) is 18.3. The van der Waals surface area contributed by atoms with Crippen molar-refractivity contribution in [2.24, 2.45) is 7.05 Å².